The van der Waals surface area contributed by atoms with E-state index in [1.54, 1.807) is 12.6 Å². The van der Waals surface area contributed by atoms with Crippen LogP contribution in [0.25, 0.3) is 11.5 Å². The molecular weight excluding hydrogens is 176 g/mol. The summed E-state index contributed by atoms with van der Waals surface area (Å²) in [7, 11) is 1.72. The normalized spacial score (nSPS) is 10.1. The molecule has 1 N–H and O–H groups in total. The first-order chi connectivity index (χ1) is 5.90. The van der Waals surface area contributed by atoms with Crippen LogP contribution >= 0.6 is 11.3 Å². The van der Waals surface area contributed by atoms with Crippen LogP contribution in [0.2, 0.25) is 0 Å². The smallest absolute Gasteiger partial charge is 0.321 e. The highest BCUT2D eigenvalue weighted by molar-refractivity contribution is 7.07. The van der Waals surface area contributed by atoms with E-state index in [1.807, 2.05) is 5.38 Å². The summed E-state index contributed by atoms with van der Waals surface area (Å²) in [4.78, 5) is 8.07. The van der Waals surface area contributed by atoms with E-state index in [4.69, 9.17) is 4.52 Å². The van der Waals surface area contributed by atoms with Gasteiger partial charge in [0.1, 0.15) is 5.69 Å². The Hall–Kier alpha value is -1.43. The number of nitrogens with zero attached hydrogens (tertiary/aromatic N) is 3. The van der Waals surface area contributed by atoms with Crippen LogP contribution in [0.4, 0.5) is 6.01 Å². The van der Waals surface area contributed by atoms with Crippen LogP contribution in [0.3, 0.4) is 0 Å². The fourth-order valence-corrected chi connectivity index (χ4v) is 1.28. The lowest BCUT2D eigenvalue weighted by atomic mass is 10.5. The van der Waals surface area contributed by atoms with Crippen molar-refractivity contribution >= 4 is 17.4 Å². The van der Waals surface area contributed by atoms with Gasteiger partial charge in [-0.2, -0.15) is 4.98 Å². The first kappa shape index (κ1) is 7.23. The maximum atomic E-state index is 4.83. The lowest BCUT2D eigenvalue weighted by Gasteiger charge is -1.83. The Bertz CT molecular complexity index is 355. The van der Waals surface area contributed by atoms with Gasteiger partial charge in [-0.1, -0.05) is 5.16 Å². The van der Waals surface area contributed by atoms with E-state index in [9.17, 15) is 0 Å². The van der Waals surface area contributed by atoms with Gasteiger partial charge in [0.05, 0.1) is 5.51 Å². The first-order valence-corrected chi connectivity index (χ1v) is 4.24. The average molecular weight is 182 g/mol. The minimum Gasteiger partial charge on any atom is -0.341 e. The summed E-state index contributed by atoms with van der Waals surface area (Å²) in [5.74, 6) is 0.514. The van der Waals surface area contributed by atoms with E-state index in [0.717, 1.165) is 5.69 Å². The van der Waals surface area contributed by atoms with Gasteiger partial charge in [0.15, 0.2) is 0 Å². The van der Waals surface area contributed by atoms with Crippen molar-refractivity contribution in [3.63, 3.8) is 0 Å². The highest BCUT2D eigenvalue weighted by atomic mass is 32.1. The van der Waals surface area contributed by atoms with Gasteiger partial charge in [-0.05, 0) is 0 Å². The van der Waals surface area contributed by atoms with Crippen LogP contribution < -0.4 is 5.32 Å². The number of hydrogen-bond donors (Lipinski definition) is 1. The zero-order chi connectivity index (χ0) is 8.39. The summed E-state index contributed by atoms with van der Waals surface area (Å²) in [5, 5.41) is 8.34. The highest BCUT2D eigenvalue weighted by Crippen LogP contribution is 2.16. The van der Waals surface area contributed by atoms with Crippen LogP contribution in [0, 0.1) is 0 Å². The molecule has 0 amide bonds. The molecule has 0 saturated heterocycles. The molecule has 5 nitrogen and oxygen atoms in total. The Morgan fingerprint density at radius 1 is 1.58 bits per heavy atom. The number of hydrogen-bond acceptors (Lipinski definition) is 6. The van der Waals surface area contributed by atoms with Gasteiger partial charge in [-0.25, -0.2) is 4.98 Å². The molecule has 2 aromatic rings. The van der Waals surface area contributed by atoms with Crippen molar-refractivity contribution in [1.82, 2.24) is 15.1 Å². The predicted octanol–water partition coefficient (Wildman–Crippen LogP) is 1.23. The summed E-state index contributed by atoms with van der Waals surface area (Å²) in [6, 6.07) is 0.401. The number of anilines is 1. The second-order valence-electron chi connectivity index (χ2n) is 2.05. The SMILES string of the molecule is CNc1nc(-c2cscn2)no1. The van der Waals surface area contributed by atoms with E-state index < -0.39 is 0 Å². The monoisotopic (exact) mass is 182 g/mol. The Labute approximate surface area is 72.4 Å². The number of nitrogens with one attached hydrogen (secondary N) is 1. The minimum atomic E-state index is 0.401. The third-order valence-corrected chi connectivity index (χ3v) is 1.89. The molecule has 0 spiro atoms. The van der Waals surface area contributed by atoms with E-state index >= 15 is 0 Å². The molecule has 0 fully saturated rings. The van der Waals surface area contributed by atoms with Crippen molar-refractivity contribution in [2.24, 2.45) is 0 Å². The summed E-state index contributed by atoms with van der Waals surface area (Å²) in [6.07, 6.45) is 0. The molecule has 6 heteroatoms. The van der Waals surface area contributed by atoms with E-state index in [0.29, 0.717) is 11.8 Å². The lowest BCUT2D eigenvalue weighted by molar-refractivity contribution is 0.434. The largest absolute Gasteiger partial charge is 0.341 e. The Kier molecular flexibility index (Phi) is 1.75. The van der Waals surface area contributed by atoms with Gasteiger partial charge in [0.2, 0.25) is 5.82 Å². The quantitative estimate of drug-likeness (QED) is 0.756. The fraction of sp³-hybridized carbons (Fsp3) is 0.167. The van der Waals surface area contributed by atoms with Crippen LogP contribution in [0.1, 0.15) is 0 Å². The topological polar surface area (TPSA) is 63.8 Å². The molecule has 0 aliphatic heterocycles. The van der Waals surface area contributed by atoms with Gasteiger partial charge >= 0.3 is 6.01 Å². The maximum absolute atomic E-state index is 4.83. The molecule has 0 aliphatic rings. The zero-order valence-electron chi connectivity index (χ0n) is 6.31. The second kappa shape index (κ2) is 2.90. The highest BCUT2D eigenvalue weighted by Gasteiger charge is 2.07. The minimum absolute atomic E-state index is 0.401. The van der Waals surface area contributed by atoms with Crippen LogP contribution in [0.15, 0.2) is 15.4 Å². The van der Waals surface area contributed by atoms with Gasteiger partial charge in [0.25, 0.3) is 0 Å². The Morgan fingerprint density at radius 2 is 2.50 bits per heavy atom. The summed E-state index contributed by atoms with van der Waals surface area (Å²) in [6.45, 7) is 0. The average Bonchev–Trinajstić information content (AvgIpc) is 2.75. The Morgan fingerprint density at radius 3 is 3.08 bits per heavy atom. The molecular formula is C6H6N4OS. The van der Waals surface area contributed by atoms with Crippen molar-refractivity contribution in [1.29, 1.82) is 0 Å². The molecule has 2 heterocycles. The van der Waals surface area contributed by atoms with Crippen LogP contribution in [0.5, 0.6) is 0 Å². The molecule has 2 aromatic heterocycles. The van der Waals surface area contributed by atoms with E-state index in [-0.39, 0.29) is 0 Å². The van der Waals surface area contributed by atoms with Crippen molar-refractivity contribution in [2.45, 2.75) is 0 Å². The summed E-state index contributed by atoms with van der Waals surface area (Å²) >= 11 is 1.50. The molecule has 0 unspecified atom stereocenters. The lowest BCUT2D eigenvalue weighted by Crippen LogP contribution is -1.86. The second-order valence-corrected chi connectivity index (χ2v) is 2.77. The summed E-state index contributed by atoms with van der Waals surface area (Å²) in [5.41, 5.74) is 2.47. The van der Waals surface area contributed by atoms with Crippen LogP contribution in [-0.4, -0.2) is 22.2 Å². The zero-order valence-corrected chi connectivity index (χ0v) is 7.13. The molecule has 0 radical (unpaired) electrons. The Balaban J connectivity index is 2.35. The van der Waals surface area contributed by atoms with Gasteiger partial charge < -0.3 is 9.84 Å². The molecule has 0 atom stereocenters. The predicted molar refractivity (Wildman–Crippen MR) is 45.0 cm³/mol. The fourth-order valence-electron chi connectivity index (χ4n) is 0.752. The number of thiazole rings is 1. The van der Waals surface area contributed by atoms with Crippen molar-refractivity contribution in [3.05, 3.63) is 10.9 Å². The molecule has 0 saturated carbocycles. The van der Waals surface area contributed by atoms with Crippen molar-refractivity contribution in [2.75, 3.05) is 12.4 Å². The molecule has 62 valence electrons. The molecule has 0 aromatic carbocycles. The van der Waals surface area contributed by atoms with Crippen LogP contribution in [-0.2, 0) is 0 Å². The third-order valence-electron chi connectivity index (χ3n) is 1.30. The summed E-state index contributed by atoms with van der Waals surface area (Å²) < 4.78 is 4.83. The van der Waals surface area contributed by atoms with E-state index in [1.165, 1.54) is 11.3 Å². The van der Waals surface area contributed by atoms with Crippen molar-refractivity contribution in [3.8, 4) is 11.5 Å². The molecule has 12 heavy (non-hydrogen) atoms. The third kappa shape index (κ3) is 1.16. The van der Waals surface area contributed by atoms with Gasteiger partial charge in [0, 0.05) is 12.4 Å². The van der Waals surface area contributed by atoms with E-state index in [2.05, 4.69) is 20.4 Å². The standard InChI is InChI=1S/C6H6N4OS/c1-7-6-9-5(10-11-6)4-2-12-3-8-4/h2-3H,1H3,(H,7,9,10). The molecule has 0 bridgehead atoms. The van der Waals surface area contributed by atoms with Gasteiger partial charge in [-0.15, -0.1) is 11.3 Å². The molecule has 0 aliphatic carbocycles. The first-order valence-electron chi connectivity index (χ1n) is 3.30. The number of aromatic nitrogens is 3. The van der Waals surface area contributed by atoms with Crippen molar-refractivity contribution < 1.29 is 4.52 Å². The van der Waals surface area contributed by atoms with Gasteiger partial charge in [-0.3, -0.25) is 0 Å². The maximum Gasteiger partial charge on any atom is 0.321 e. The molecule has 2 rings (SSSR count). The number of rotatable bonds is 2.